The predicted octanol–water partition coefficient (Wildman–Crippen LogP) is 10.4. The molecule has 5 aromatic carbocycles. The molecule has 7 aliphatic heterocycles. The zero-order valence-corrected chi connectivity index (χ0v) is 59.7. The molecule has 0 bridgehead atoms. The molecular formula is C77H120N16O2. The maximum atomic E-state index is 6.02. The van der Waals surface area contributed by atoms with Crippen molar-refractivity contribution < 1.29 is 9.47 Å². The fraction of sp³-hybridized carbons (Fsp3) is 0.571. The molecule has 10 N–H and O–H groups in total. The van der Waals surface area contributed by atoms with Crippen molar-refractivity contribution in [2.45, 2.75) is 130 Å². The molecule has 0 unspecified atom stereocenters. The van der Waals surface area contributed by atoms with Crippen molar-refractivity contribution in [3.05, 3.63) is 137 Å². The molecule has 8 heterocycles. The third-order valence-corrected chi connectivity index (χ3v) is 20.3. The van der Waals surface area contributed by atoms with Crippen LogP contribution in [0.15, 0.2) is 103 Å². The summed E-state index contributed by atoms with van der Waals surface area (Å²) in [6.45, 7) is 40.0. The van der Waals surface area contributed by atoms with Gasteiger partial charge in [0.1, 0.15) is 5.82 Å². The highest BCUT2D eigenvalue weighted by Gasteiger charge is 2.32. The Labute approximate surface area is 571 Å². The fourth-order valence-electron chi connectivity index (χ4n) is 14.6. The zero-order valence-electron chi connectivity index (χ0n) is 59.7. The van der Waals surface area contributed by atoms with E-state index < -0.39 is 0 Å². The number of likely N-dealkylation sites (N-methyl/N-ethyl adjacent to an activating group) is 1. The first-order valence-electron chi connectivity index (χ1n) is 35.9. The minimum absolute atomic E-state index is 0.249. The smallest absolute Gasteiger partial charge is 0.105 e. The van der Waals surface area contributed by atoms with Gasteiger partial charge in [0, 0.05) is 206 Å². The van der Waals surface area contributed by atoms with Gasteiger partial charge in [0.25, 0.3) is 0 Å². The van der Waals surface area contributed by atoms with Crippen molar-refractivity contribution in [1.82, 2.24) is 29.2 Å². The lowest BCUT2D eigenvalue weighted by molar-refractivity contribution is 0.0390. The molecule has 18 heteroatoms. The molecule has 0 radical (unpaired) electrons. The number of nitrogen functional groups attached to an aromatic ring is 5. The van der Waals surface area contributed by atoms with Crippen LogP contribution in [-0.4, -0.2) is 200 Å². The number of aromatic nitrogens is 2. The van der Waals surface area contributed by atoms with Crippen LogP contribution in [0, 0.1) is 6.92 Å². The summed E-state index contributed by atoms with van der Waals surface area (Å²) in [5, 5.41) is 0. The lowest BCUT2D eigenvalue weighted by Crippen LogP contribution is -2.44. The average Bonchev–Trinajstić information content (AvgIpc) is 1.000. The summed E-state index contributed by atoms with van der Waals surface area (Å²) in [4.78, 5) is 26.4. The molecule has 95 heavy (non-hydrogen) atoms. The zero-order chi connectivity index (χ0) is 67.4. The first kappa shape index (κ1) is 72.3. The first-order chi connectivity index (χ1) is 45.8. The van der Waals surface area contributed by atoms with Gasteiger partial charge < -0.3 is 72.1 Å². The van der Waals surface area contributed by atoms with Gasteiger partial charge in [-0.15, -0.1) is 0 Å². The van der Waals surface area contributed by atoms with E-state index in [0.29, 0.717) is 12.1 Å². The van der Waals surface area contributed by atoms with Gasteiger partial charge in [0.05, 0.1) is 26.4 Å². The molecule has 6 aromatic rings. The fourth-order valence-corrected chi connectivity index (χ4v) is 14.6. The molecule has 7 aliphatic rings. The highest BCUT2D eigenvalue weighted by molar-refractivity contribution is 5.67. The molecule has 0 amide bonds. The Balaban J connectivity index is 0.000000140. The van der Waals surface area contributed by atoms with Crippen LogP contribution < -0.4 is 53.2 Å². The second kappa shape index (κ2) is 35.4. The third-order valence-electron chi connectivity index (χ3n) is 20.3. The van der Waals surface area contributed by atoms with Gasteiger partial charge >= 0.3 is 0 Å². The normalized spacial score (nSPS) is 17.6. The molecule has 0 atom stereocenters. The number of nitrogens with two attached hydrogens (primary N) is 5. The van der Waals surface area contributed by atoms with Crippen molar-refractivity contribution >= 4 is 56.9 Å². The van der Waals surface area contributed by atoms with E-state index in [2.05, 4.69) is 170 Å². The van der Waals surface area contributed by atoms with Crippen LogP contribution in [0.2, 0.25) is 0 Å². The van der Waals surface area contributed by atoms with E-state index in [1.54, 1.807) is 0 Å². The van der Waals surface area contributed by atoms with Crippen LogP contribution in [0.5, 0.6) is 0 Å². The SMILES string of the molecule is CC(C)N(CCN1CCCc2ccc(N)cc21)C(C)C.CC1(C)CCN(CCN2CCOCC2)c2cc(N)ccc21.CN(C)CCN1CCCc2ccc(N)cc21.Cc1nccn1CCN1CCCc2ccc(N)cc21.Nc1ccc2c(c1)N(CCN1CCOCC1)CCC2. The summed E-state index contributed by atoms with van der Waals surface area (Å²) in [6.07, 6.45) is 14.8. The second-order valence-corrected chi connectivity index (χ2v) is 28.6. The van der Waals surface area contributed by atoms with Crippen LogP contribution >= 0.6 is 0 Å². The van der Waals surface area contributed by atoms with E-state index in [-0.39, 0.29) is 5.41 Å². The van der Waals surface area contributed by atoms with Crippen molar-refractivity contribution in [3.63, 3.8) is 0 Å². The van der Waals surface area contributed by atoms with Crippen LogP contribution in [0.25, 0.3) is 0 Å². The molecule has 0 aliphatic carbocycles. The Bertz CT molecular complexity index is 3290. The molecular weight excluding hydrogens is 1180 g/mol. The molecule has 1 aromatic heterocycles. The minimum atomic E-state index is 0.249. The topological polar surface area (TPSA) is 196 Å². The number of morpholine rings is 2. The number of rotatable bonds is 17. The summed E-state index contributed by atoms with van der Waals surface area (Å²) in [7, 11) is 4.23. The monoisotopic (exact) mass is 1300 g/mol. The maximum absolute atomic E-state index is 6.02. The lowest BCUT2D eigenvalue weighted by atomic mass is 9.77. The van der Waals surface area contributed by atoms with Crippen molar-refractivity contribution in [2.24, 2.45) is 0 Å². The highest BCUT2D eigenvalue weighted by Crippen LogP contribution is 2.41. The number of hydrogen-bond donors (Lipinski definition) is 5. The Morgan fingerprint density at radius 3 is 1.18 bits per heavy atom. The van der Waals surface area contributed by atoms with Gasteiger partial charge in [-0.3, -0.25) is 14.7 Å². The predicted molar refractivity (Wildman–Crippen MR) is 403 cm³/mol. The Morgan fingerprint density at radius 2 is 0.800 bits per heavy atom. The summed E-state index contributed by atoms with van der Waals surface area (Å²) < 4.78 is 13.0. The molecule has 520 valence electrons. The highest BCUT2D eigenvalue weighted by atomic mass is 16.5. The van der Waals surface area contributed by atoms with E-state index in [4.69, 9.17) is 38.1 Å². The summed E-state index contributed by atoms with van der Waals surface area (Å²) in [5.41, 5.74) is 48.1. The van der Waals surface area contributed by atoms with E-state index in [0.717, 1.165) is 191 Å². The number of hydrogen-bond acceptors (Lipinski definition) is 17. The Hall–Kier alpha value is -6.93. The lowest BCUT2D eigenvalue weighted by Gasteiger charge is -2.41. The largest absolute Gasteiger partial charge is 0.399 e. The number of nitrogens with zero attached hydrogens (tertiary/aromatic N) is 11. The van der Waals surface area contributed by atoms with Gasteiger partial charge in [-0.2, -0.15) is 0 Å². The number of benzene rings is 5. The first-order valence-corrected chi connectivity index (χ1v) is 35.9. The van der Waals surface area contributed by atoms with Crippen LogP contribution in [0.1, 0.15) is 107 Å². The second-order valence-electron chi connectivity index (χ2n) is 28.6. The molecule has 2 fully saturated rings. The molecule has 18 nitrogen and oxygen atoms in total. The quantitative estimate of drug-likeness (QED) is 0.0541. The van der Waals surface area contributed by atoms with Gasteiger partial charge in [-0.25, -0.2) is 4.98 Å². The van der Waals surface area contributed by atoms with Gasteiger partial charge in [-0.1, -0.05) is 44.2 Å². The standard InChI is InChI=1S/C17H27N3O.C17H29N3.C15H20N4.C15H23N3O.C13H21N3/c1-17(2)5-6-20(8-7-19-9-11-21-12-10-19)16-13-14(18)3-4-15(16)17;1-13(2)20(14(3)4)11-10-19-9-5-6-15-7-8-16(18)12-17(15)19;1-12-17-6-8-18(12)9-10-19-7-2-3-13-4-5-14(16)11-15(13)19;16-14-4-3-13-2-1-5-18(15(13)12-14)7-6-17-8-10-19-11-9-17;1-15(2)8-9-16-7-3-4-11-5-6-12(14)10-13(11)16/h3-4,13H,5-12,18H2,1-2H3;7-8,12-14H,5-6,9-11,18H2,1-4H3;4-6,8,11H,2-3,7,9-10,16H2,1H3;3-4,12H,1-2,5-11,16H2;5-6,10H,3-4,7-9,14H2,1-2H3. The summed E-state index contributed by atoms with van der Waals surface area (Å²) >= 11 is 0. The minimum Gasteiger partial charge on any atom is -0.399 e. The number of fused-ring (bicyclic) bond motifs is 5. The van der Waals surface area contributed by atoms with Gasteiger partial charge in [0.15, 0.2) is 0 Å². The average molecular weight is 1300 g/mol. The maximum Gasteiger partial charge on any atom is 0.105 e. The molecule has 2 saturated heterocycles. The van der Waals surface area contributed by atoms with Crippen molar-refractivity contribution in [1.29, 1.82) is 0 Å². The molecule has 0 saturated carbocycles. The van der Waals surface area contributed by atoms with E-state index in [1.165, 1.54) is 108 Å². The van der Waals surface area contributed by atoms with E-state index >= 15 is 0 Å². The summed E-state index contributed by atoms with van der Waals surface area (Å²) in [6, 6.07) is 32.9. The molecule has 13 rings (SSSR count). The van der Waals surface area contributed by atoms with Crippen LogP contribution in [-0.2, 0) is 47.1 Å². The van der Waals surface area contributed by atoms with E-state index in [1.807, 2.05) is 49.6 Å². The Kier molecular flexibility index (Phi) is 26.9. The van der Waals surface area contributed by atoms with Crippen molar-refractivity contribution in [2.75, 3.05) is 211 Å². The van der Waals surface area contributed by atoms with Crippen LogP contribution in [0.4, 0.5) is 56.9 Å². The van der Waals surface area contributed by atoms with Crippen LogP contribution in [0.3, 0.4) is 0 Å². The molecule has 0 spiro atoms. The van der Waals surface area contributed by atoms with Gasteiger partial charge in [-0.05, 0) is 200 Å². The number of ether oxygens (including phenoxy) is 2. The summed E-state index contributed by atoms with van der Waals surface area (Å²) in [5.74, 6) is 1.07. The number of aryl methyl sites for hydroxylation is 5. The van der Waals surface area contributed by atoms with Crippen molar-refractivity contribution in [3.8, 4) is 0 Å². The van der Waals surface area contributed by atoms with Gasteiger partial charge in [0.2, 0.25) is 0 Å². The van der Waals surface area contributed by atoms with E-state index in [9.17, 15) is 0 Å². The number of anilines is 10. The third kappa shape index (κ3) is 21.0. The Morgan fingerprint density at radius 1 is 0.442 bits per heavy atom. The number of imidazole rings is 1.